The molecule has 0 aliphatic carbocycles. The van der Waals surface area contributed by atoms with E-state index in [9.17, 15) is 9.59 Å². The van der Waals surface area contributed by atoms with E-state index in [2.05, 4.69) is 30.4 Å². The number of nitrogens with one attached hydrogen (secondary N) is 1. The number of carbonyl (C=O) groups is 2. The van der Waals surface area contributed by atoms with Gasteiger partial charge in [0.25, 0.3) is 5.91 Å². The van der Waals surface area contributed by atoms with Crippen molar-refractivity contribution in [3.8, 4) is 5.75 Å². The SMILES string of the molecule is Cc1cccc(COc2ccc(CNC(=O)C3CCCN(C(=O)c4cccs4)C3)cc2)c1. The van der Waals surface area contributed by atoms with Crippen LogP contribution in [-0.4, -0.2) is 29.8 Å². The average molecular weight is 449 g/mol. The highest BCUT2D eigenvalue weighted by Gasteiger charge is 2.29. The molecule has 5 nitrogen and oxygen atoms in total. The van der Waals surface area contributed by atoms with Crippen LogP contribution in [0.15, 0.2) is 66.0 Å². The number of amides is 2. The number of carbonyl (C=O) groups excluding carboxylic acids is 2. The molecule has 1 N–H and O–H groups in total. The van der Waals surface area contributed by atoms with E-state index in [4.69, 9.17) is 4.74 Å². The smallest absolute Gasteiger partial charge is 0.263 e. The van der Waals surface area contributed by atoms with Gasteiger partial charge in [0.05, 0.1) is 10.8 Å². The first-order chi connectivity index (χ1) is 15.6. The third-order valence-corrected chi connectivity index (χ3v) is 6.55. The van der Waals surface area contributed by atoms with Crippen molar-refractivity contribution in [1.82, 2.24) is 10.2 Å². The van der Waals surface area contributed by atoms with Crippen LogP contribution in [0.2, 0.25) is 0 Å². The number of aryl methyl sites for hydroxylation is 1. The predicted octanol–water partition coefficient (Wildman–Crippen LogP) is 4.80. The van der Waals surface area contributed by atoms with Gasteiger partial charge in [0.1, 0.15) is 12.4 Å². The molecule has 4 rings (SSSR count). The highest BCUT2D eigenvalue weighted by Crippen LogP contribution is 2.21. The highest BCUT2D eigenvalue weighted by molar-refractivity contribution is 7.12. The summed E-state index contributed by atoms with van der Waals surface area (Å²) < 4.78 is 5.86. The molecule has 0 radical (unpaired) electrons. The predicted molar refractivity (Wildman–Crippen MR) is 127 cm³/mol. The number of benzene rings is 2. The molecule has 1 aliphatic rings. The van der Waals surface area contributed by atoms with Crippen LogP contribution in [0.5, 0.6) is 5.75 Å². The van der Waals surface area contributed by atoms with Crippen LogP contribution in [0.4, 0.5) is 0 Å². The second kappa shape index (κ2) is 10.5. The Morgan fingerprint density at radius 1 is 1.09 bits per heavy atom. The molecule has 166 valence electrons. The van der Waals surface area contributed by atoms with Crippen LogP contribution in [0.3, 0.4) is 0 Å². The van der Waals surface area contributed by atoms with E-state index in [-0.39, 0.29) is 17.7 Å². The minimum Gasteiger partial charge on any atom is -0.489 e. The second-order valence-corrected chi connectivity index (χ2v) is 9.15. The Bertz CT molecular complexity index is 1050. The highest BCUT2D eigenvalue weighted by atomic mass is 32.1. The lowest BCUT2D eigenvalue weighted by Gasteiger charge is -2.31. The molecule has 6 heteroatoms. The Hall–Kier alpha value is -3.12. The molecule has 2 aromatic carbocycles. The molecule has 2 heterocycles. The van der Waals surface area contributed by atoms with Gasteiger partial charge < -0.3 is 15.0 Å². The molecule has 1 fully saturated rings. The number of likely N-dealkylation sites (tertiary alicyclic amines) is 1. The van der Waals surface area contributed by atoms with Crippen LogP contribution >= 0.6 is 11.3 Å². The van der Waals surface area contributed by atoms with Gasteiger partial charge in [0, 0.05) is 19.6 Å². The Morgan fingerprint density at radius 3 is 2.69 bits per heavy atom. The van der Waals surface area contributed by atoms with E-state index in [1.165, 1.54) is 16.9 Å². The lowest BCUT2D eigenvalue weighted by Crippen LogP contribution is -2.45. The van der Waals surface area contributed by atoms with Crippen molar-refractivity contribution in [2.75, 3.05) is 13.1 Å². The van der Waals surface area contributed by atoms with E-state index < -0.39 is 0 Å². The first-order valence-corrected chi connectivity index (χ1v) is 11.8. The van der Waals surface area contributed by atoms with E-state index >= 15 is 0 Å². The minimum atomic E-state index is -0.162. The average Bonchev–Trinajstić information content (AvgIpc) is 3.36. The molecule has 3 aromatic rings. The standard InChI is InChI=1S/C26H28N2O3S/c1-19-5-2-6-21(15-19)18-31-23-11-9-20(10-12-23)16-27-25(29)22-7-3-13-28(17-22)26(30)24-8-4-14-32-24/h2,4-6,8-12,14-15,22H,3,7,13,16-18H2,1H3,(H,27,29). The van der Waals surface area contributed by atoms with E-state index in [0.717, 1.165) is 34.6 Å². The zero-order valence-electron chi connectivity index (χ0n) is 18.3. The minimum absolute atomic E-state index is 0.00783. The number of ether oxygens (including phenoxy) is 1. The first-order valence-electron chi connectivity index (χ1n) is 11.0. The summed E-state index contributed by atoms with van der Waals surface area (Å²) in [7, 11) is 0. The first kappa shape index (κ1) is 22.1. The summed E-state index contributed by atoms with van der Waals surface area (Å²) in [5.74, 6) is 0.674. The number of hydrogen-bond donors (Lipinski definition) is 1. The van der Waals surface area contributed by atoms with Crippen molar-refractivity contribution in [3.05, 3.63) is 87.6 Å². The molecule has 1 unspecified atom stereocenters. The van der Waals surface area contributed by atoms with E-state index in [1.807, 2.05) is 47.8 Å². The Morgan fingerprint density at radius 2 is 1.94 bits per heavy atom. The van der Waals surface area contributed by atoms with Crippen molar-refractivity contribution in [2.24, 2.45) is 5.92 Å². The summed E-state index contributed by atoms with van der Waals surface area (Å²) in [6.45, 7) is 4.25. The Balaban J connectivity index is 1.25. The summed E-state index contributed by atoms with van der Waals surface area (Å²) in [5, 5.41) is 4.93. The number of rotatable bonds is 7. The maximum atomic E-state index is 12.7. The summed E-state index contributed by atoms with van der Waals surface area (Å²) in [6.07, 6.45) is 1.66. The summed E-state index contributed by atoms with van der Waals surface area (Å²) in [6, 6.07) is 19.8. The largest absolute Gasteiger partial charge is 0.489 e. The van der Waals surface area contributed by atoms with Gasteiger partial charge in [-0.3, -0.25) is 9.59 Å². The molecule has 0 saturated carbocycles. The number of nitrogens with zero attached hydrogens (tertiary/aromatic N) is 1. The number of thiophene rings is 1. The van der Waals surface area contributed by atoms with Gasteiger partial charge in [-0.05, 0) is 54.5 Å². The maximum absolute atomic E-state index is 12.7. The second-order valence-electron chi connectivity index (χ2n) is 8.21. The molecular weight excluding hydrogens is 420 g/mol. The molecule has 1 saturated heterocycles. The van der Waals surface area contributed by atoms with Crippen molar-refractivity contribution in [1.29, 1.82) is 0 Å². The fourth-order valence-electron chi connectivity index (χ4n) is 3.94. The normalized spacial score (nSPS) is 15.9. The molecular formula is C26H28N2O3S. The lowest BCUT2D eigenvalue weighted by atomic mass is 9.97. The van der Waals surface area contributed by atoms with E-state index in [1.54, 1.807) is 4.90 Å². The van der Waals surface area contributed by atoms with E-state index in [0.29, 0.717) is 26.2 Å². The Labute approximate surface area is 193 Å². The van der Waals surface area contributed by atoms with Gasteiger partial charge in [-0.2, -0.15) is 0 Å². The van der Waals surface area contributed by atoms with Crippen LogP contribution in [0.25, 0.3) is 0 Å². The summed E-state index contributed by atoms with van der Waals surface area (Å²) in [4.78, 5) is 27.8. The fraction of sp³-hybridized carbons (Fsp3) is 0.308. The quantitative estimate of drug-likeness (QED) is 0.565. The van der Waals surface area contributed by atoms with Crippen LogP contribution < -0.4 is 10.1 Å². The summed E-state index contributed by atoms with van der Waals surface area (Å²) >= 11 is 1.44. The molecule has 32 heavy (non-hydrogen) atoms. The molecule has 0 spiro atoms. The van der Waals surface area contributed by atoms with Gasteiger partial charge in [-0.25, -0.2) is 0 Å². The van der Waals surface area contributed by atoms with Gasteiger partial charge in [-0.15, -0.1) is 11.3 Å². The third-order valence-electron chi connectivity index (χ3n) is 5.69. The van der Waals surface area contributed by atoms with Crippen LogP contribution in [0, 0.1) is 12.8 Å². The van der Waals surface area contributed by atoms with Gasteiger partial charge >= 0.3 is 0 Å². The van der Waals surface area contributed by atoms with Gasteiger partial charge in [0.15, 0.2) is 0 Å². The van der Waals surface area contributed by atoms with Crippen molar-refractivity contribution in [2.45, 2.75) is 32.9 Å². The van der Waals surface area contributed by atoms with Crippen molar-refractivity contribution >= 4 is 23.2 Å². The summed E-state index contributed by atoms with van der Waals surface area (Å²) in [5.41, 5.74) is 3.37. The van der Waals surface area contributed by atoms with Crippen LogP contribution in [-0.2, 0) is 17.9 Å². The number of hydrogen-bond acceptors (Lipinski definition) is 4. The lowest BCUT2D eigenvalue weighted by molar-refractivity contribution is -0.126. The maximum Gasteiger partial charge on any atom is 0.263 e. The third kappa shape index (κ3) is 5.77. The van der Waals surface area contributed by atoms with Crippen molar-refractivity contribution < 1.29 is 14.3 Å². The monoisotopic (exact) mass is 448 g/mol. The van der Waals surface area contributed by atoms with Crippen LogP contribution in [0.1, 0.15) is 39.2 Å². The zero-order chi connectivity index (χ0) is 22.3. The molecule has 2 amide bonds. The molecule has 0 bridgehead atoms. The zero-order valence-corrected chi connectivity index (χ0v) is 19.1. The Kier molecular flexibility index (Phi) is 7.22. The molecule has 1 aromatic heterocycles. The molecule has 1 atom stereocenters. The van der Waals surface area contributed by atoms with Gasteiger partial charge in [0.2, 0.25) is 5.91 Å². The van der Waals surface area contributed by atoms with Gasteiger partial charge in [-0.1, -0.05) is 48.0 Å². The number of piperidine rings is 1. The molecule has 1 aliphatic heterocycles. The van der Waals surface area contributed by atoms with Crippen molar-refractivity contribution in [3.63, 3.8) is 0 Å². The fourth-order valence-corrected chi connectivity index (χ4v) is 4.63. The topological polar surface area (TPSA) is 58.6 Å².